The third-order valence-corrected chi connectivity index (χ3v) is 7.63. The molecular formula is C28H18Cl2N2O4S. The first-order valence-electron chi connectivity index (χ1n) is 11.0. The van der Waals surface area contributed by atoms with Crippen LogP contribution >= 0.6 is 34.5 Å². The molecule has 1 aromatic heterocycles. The molecule has 6 nitrogen and oxygen atoms in total. The van der Waals surface area contributed by atoms with Crippen LogP contribution in [0.4, 0.5) is 0 Å². The van der Waals surface area contributed by atoms with Gasteiger partial charge in [0.15, 0.2) is 0 Å². The Labute approximate surface area is 226 Å². The van der Waals surface area contributed by atoms with Crippen molar-refractivity contribution in [3.05, 3.63) is 111 Å². The minimum atomic E-state index is -0.606. The predicted molar refractivity (Wildman–Crippen MR) is 145 cm³/mol. The molecule has 0 bridgehead atoms. The van der Waals surface area contributed by atoms with Gasteiger partial charge in [-0.25, -0.2) is 4.79 Å². The van der Waals surface area contributed by atoms with Gasteiger partial charge >= 0.3 is 5.97 Å². The van der Waals surface area contributed by atoms with Gasteiger partial charge in [-0.2, -0.15) is 5.26 Å². The van der Waals surface area contributed by atoms with Crippen molar-refractivity contribution in [2.45, 2.75) is 5.92 Å². The molecule has 5 rings (SSSR count). The summed E-state index contributed by atoms with van der Waals surface area (Å²) in [6.45, 7) is 4.03. The summed E-state index contributed by atoms with van der Waals surface area (Å²) >= 11 is 13.7. The van der Waals surface area contributed by atoms with Crippen LogP contribution in [0.1, 0.15) is 26.7 Å². The first kappa shape index (κ1) is 24.7. The lowest BCUT2D eigenvalue weighted by molar-refractivity contribution is 0.0740. The molecule has 184 valence electrons. The van der Waals surface area contributed by atoms with Crippen molar-refractivity contribution in [3.8, 4) is 23.3 Å². The zero-order chi connectivity index (χ0) is 26.1. The molecule has 2 heterocycles. The lowest BCUT2D eigenvalue weighted by Crippen LogP contribution is -2.21. The van der Waals surface area contributed by atoms with Crippen molar-refractivity contribution in [1.82, 2.24) is 0 Å². The molecule has 3 aromatic carbocycles. The van der Waals surface area contributed by atoms with Crippen molar-refractivity contribution in [2.75, 3.05) is 6.61 Å². The Hall–Kier alpha value is -3.96. The summed E-state index contributed by atoms with van der Waals surface area (Å²) in [5.41, 5.74) is 7.93. The number of thiophene rings is 1. The highest BCUT2D eigenvalue weighted by atomic mass is 35.5. The van der Waals surface area contributed by atoms with Gasteiger partial charge in [-0.15, -0.1) is 11.3 Å². The minimum absolute atomic E-state index is 0.0140. The van der Waals surface area contributed by atoms with Crippen molar-refractivity contribution >= 4 is 50.6 Å². The van der Waals surface area contributed by atoms with E-state index in [0.717, 1.165) is 15.6 Å². The second kappa shape index (κ2) is 10.2. The first-order chi connectivity index (χ1) is 17.9. The molecular weight excluding hydrogens is 531 g/mol. The number of hydrogen-bond donors (Lipinski definition) is 1. The molecule has 0 fully saturated rings. The number of rotatable bonds is 6. The molecule has 1 aliphatic rings. The fourth-order valence-electron chi connectivity index (χ4n) is 4.08. The topological polar surface area (TPSA) is 94.6 Å². The molecule has 0 amide bonds. The Morgan fingerprint density at radius 2 is 1.89 bits per heavy atom. The Bertz CT molecular complexity index is 1620. The maximum atomic E-state index is 12.9. The van der Waals surface area contributed by atoms with Crippen LogP contribution in [0.25, 0.3) is 10.1 Å². The summed E-state index contributed by atoms with van der Waals surface area (Å²) in [5.74, 6) is 0.221. The number of allylic oxidation sites excluding steroid dienone is 1. The van der Waals surface area contributed by atoms with Gasteiger partial charge in [-0.1, -0.05) is 60.1 Å². The number of nitriles is 1. The number of esters is 1. The van der Waals surface area contributed by atoms with Crippen LogP contribution in [0.3, 0.4) is 0 Å². The van der Waals surface area contributed by atoms with Crippen molar-refractivity contribution in [1.29, 1.82) is 5.26 Å². The van der Waals surface area contributed by atoms with Gasteiger partial charge in [-0.05, 0) is 35.9 Å². The van der Waals surface area contributed by atoms with E-state index in [0.29, 0.717) is 33.7 Å². The number of nitrogens with zero attached hydrogens (tertiary/aromatic N) is 1. The van der Waals surface area contributed by atoms with E-state index < -0.39 is 11.9 Å². The standard InChI is InChI=1S/C28H18Cl2N2O4S/c1-2-11-34-17-6-3-15(4-7-17)24-19-10-8-18(13-22(19)36-27(32)21(24)14-31)35-28(33)26-25(30)20-9-5-16(29)12-23(20)37-26/h2-10,12-13,24H,1,11,32H2. The van der Waals surface area contributed by atoms with Crippen LogP contribution in [0.5, 0.6) is 17.2 Å². The van der Waals surface area contributed by atoms with Crippen LogP contribution in [0.2, 0.25) is 10.0 Å². The highest BCUT2D eigenvalue weighted by Crippen LogP contribution is 2.44. The number of carbonyl (C=O) groups is 1. The molecule has 2 N–H and O–H groups in total. The van der Waals surface area contributed by atoms with Crippen LogP contribution in [-0.2, 0) is 0 Å². The largest absolute Gasteiger partial charge is 0.490 e. The molecule has 0 spiro atoms. The second-order valence-corrected chi connectivity index (χ2v) is 9.93. The van der Waals surface area contributed by atoms with E-state index in [2.05, 4.69) is 12.6 Å². The maximum Gasteiger partial charge on any atom is 0.355 e. The van der Waals surface area contributed by atoms with Gasteiger partial charge in [-0.3, -0.25) is 0 Å². The Balaban J connectivity index is 1.45. The molecule has 0 aliphatic carbocycles. The monoisotopic (exact) mass is 548 g/mol. The number of halogens is 2. The van der Waals surface area contributed by atoms with Gasteiger partial charge in [0.05, 0.1) is 10.9 Å². The van der Waals surface area contributed by atoms with Crippen LogP contribution in [0.15, 0.2) is 84.8 Å². The number of hydrogen-bond acceptors (Lipinski definition) is 7. The predicted octanol–water partition coefficient (Wildman–Crippen LogP) is 7.21. The van der Waals surface area contributed by atoms with Crippen LogP contribution in [-0.4, -0.2) is 12.6 Å². The zero-order valence-corrected chi connectivity index (χ0v) is 21.5. The Kier molecular flexibility index (Phi) is 6.81. The van der Waals surface area contributed by atoms with Gasteiger partial charge in [0, 0.05) is 26.7 Å². The van der Waals surface area contributed by atoms with E-state index in [9.17, 15) is 10.1 Å². The van der Waals surface area contributed by atoms with E-state index in [1.165, 1.54) is 11.3 Å². The fraction of sp³-hybridized carbons (Fsp3) is 0.0714. The zero-order valence-electron chi connectivity index (χ0n) is 19.2. The molecule has 1 atom stereocenters. The molecule has 0 radical (unpaired) electrons. The highest BCUT2D eigenvalue weighted by Gasteiger charge is 2.31. The van der Waals surface area contributed by atoms with Crippen molar-refractivity contribution in [3.63, 3.8) is 0 Å². The normalized spacial score (nSPS) is 14.5. The van der Waals surface area contributed by atoms with Gasteiger partial charge in [0.2, 0.25) is 5.88 Å². The first-order valence-corrected chi connectivity index (χ1v) is 12.6. The van der Waals surface area contributed by atoms with Crippen LogP contribution in [0, 0.1) is 11.3 Å². The lowest BCUT2D eigenvalue weighted by Gasteiger charge is -2.26. The van der Waals surface area contributed by atoms with E-state index in [-0.39, 0.29) is 22.1 Å². The second-order valence-electron chi connectivity index (χ2n) is 8.07. The Morgan fingerprint density at radius 1 is 1.14 bits per heavy atom. The number of carbonyl (C=O) groups excluding carboxylic acids is 1. The molecule has 4 aromatic rings. The molecule has 1 aliphatic heterocycles. The number of benzene rings is 3. The maximum absolute atomic E-state index is 12.9. The summed E-state index contributed by atoms with van der Waals surface area (Å²) in [6.07, 6.45) is 1.66. The molecule has 0 saturated heterocycles. The Morgan fingerprint density at radius 3 is 2.62 bits per heavy atom. The summed E-state index contributed by atoms with van der Waals surface area (Å²) in [5, 5.41) is 11.4. The summed E-state index contributed by atoms with van der Waals surface area (Å²) in [7, 11) is 0. The number of ether oxygens (including phenoxy) is 3. The summed E-state index contributed by atoms with van der Waals surface area (Å²) in [4.78, 5) is 13.2. The van der Waals surface area contributed by atoms with Gasteiger partial charge in [0.1, 0.15) is 40.4 Å². The lowest BCUT2D eigenvalue weighted by atomic mass is 9.83. The summed E-state index contributed by atoms with van der Waals surface area (Å²) < 4.78 is 17.7. The van der Waals surface area contributed by atoms with E-state index in [1.54, 1.807) is 42.5 Å². The highest BCUT2D eigenvalue weighted by molar-refractivity contribution is 7.21. The van der Waals surface area contributed by atoms with E-state index >= 15 is 0 Å². The van der Waals surface area contributed by atoms with Crippen molar-refractivity contribution < 1.29 is 19.0 Å². The number of nitrogens with two attached hydrogens (primary N) is 1. The minimum Gasteiger partial charge on any atom is -0.490 e. The molecule has 0 saturated carbocycles. The molecule has 9 heteroatoms. The van der Waals surface area contributed by atoms with Gasteiger partial charge in [0.25, 0.3) is 0 Å². The fourth-order valence-corrected chi connectivity index (χ4v) is 5.74. The molecule has 37 heavy (non-hydrogen) atoms. The van der Waals surface area contributed by atoms with E-state index in [1.807, 2.05) is 24.3 Å². The SMILES string of the molecule is C=CCOc1ccc(C2C(C#N)=C(N)Oc3cc(OC(=O)c4sc5cc(Cl)ccc5c4Cl)ccc32)cc1. The third kappa shape index (κ3) is 4.75. The quantitative estimate of drug-likeness (QED) is 0.155. The van der Waals surface area contributed by atoms with Crippen LogP contribution < -0.4 is 19.9 Å². The smallest absolute Gasteiger partial charge is 0.355 e. The molecule has 1 unspecified atom stereocenters. The van der Waals surface area contributed by atoms with Crippen molar-refractivity contribution in [2.24, 2.45) is 5.73 Å². The van der Waals surface area contributed by atoms with E-state index in [4.69, 9.17) is 43.1 Å². The summed E-state index contributed by atoms with van der Waals surface area (Å²) in [6, 6.07) is 19.7. The average Bonchev–Trinajstić information content (AvgIpc) is 3.22. The average molecular weight is 549 g/mol. The third-order valence-electron chi connectivity index (χ3n) is 5.76. The number of fused-ring (bicyclic) bond motifs is 2. The van der Waals surface area contributed by atoms with Gasteiger partial charge < -0.3 is 19.9 Å².